The van der Waals surface area contributed by atoms with E-state index >= 15 is 0 Å². The van der Waals surface area contributed by atoms with Crippen LogP contribution in [0.2, 0.25) is 5.02 Å². The van der Waals surface area contributed by atoms with Gasteiger partial charge in [0.05, 0.1) is 56.0 Å². The van der Waals surface area contributed by atoms with Gasteiger partial charge < -0.3 is 14.6 Å². The molecular formula is C36H29ClN12+2. The van der Waals surface area contributed by atoms with Gasteiger partial charge in [-0.05, 0) is 32.0 Å². The molecular weight excluding hydrogens is 636 g/mol. The molecule has 1 unspecified atom stereocenters. The van der Waals surface area contributed by atoms with Gasteiger partial charge in [0.15, 0.2) is 0 Å². The Morgan fingerprint density at radius 3 is 2.61 bits per heavy atom. The molecule has 0 saturated carbocycles. The van der Waals surface area contributed by atoms with Crippen LogP contribution in [0.1, 0.15) is 37.3 Å². The topological polar surface area (TPSA) is 130 Å². The van der Waals surface area contributed by atoms with Crippen LogP contribution >= 0.6 is 11.6 Å². The van der Waals surface area contributed by atoms with Crippen molar-refractivity contribution in [3.63, 3.8) is 0 Å². The number of hydrogen-bond donors (Lipinski definition) is 5. The van der Waals surface area contributed by atoms with E-state index in [1.54, 1.807) is 0 Å². The van der Waals surface area contributed by atoms with Crippen molar-refractivity contribution in [3.05, 3.63) is 88.1 Å². The number of fused-ring (bicyclic) bond motifs is 9. The van der Waals surface area contributed by atoms with E-state index in [2.05, 4.69) is 123 Å². The predicted molar refractivity (Wildman–Crippen MR) is 193 cm³/mol. The van der Waals surface area contributed by atoms with E-state index in [1.165, 1.54) is 0 Å². The monoisotopic (exact) mass is 664 g/mol. The highest BCUT2D eigenvalue weighted by Gasteiger charge is 2.31. The summed E-state index contributed by atoms with van der Waals surface area (Å²) in [5, 5.41) is 26.1. The lowest BCUT2D eigenvalue weighted by atomic mass is 10.1. The van der Waals surface area contributed by atoms with Crippen LogP contribution in [-0.4, -0.2) is 52.9 Å². The maximum Gasteiger partial charge on any atom is 0.380 e. The average Bonchev–Trinajstić information content (AvgIpc) is 3.56. The molecule has 5 N–H and O–H groups in total. The number of halogens is 1. The fourth-order valence-electron chi connectivity index (χ4n) is 7.39. The highest BCUT2D eigenvalue weighted by atomic mass is 35.5. The first-order valence-electron chi connectivity index (χ1n) is 16.1. The number of aromatic nitrogens is 9. The number of benzene rings is 3. The summed E-state index contributed by atoms with van der Waals surface area (Å²) >= 11 is 6.66. The van der Waals surface area contributed by atoms with Crippen molar-refractivity contribution >= 4 is 77.4 Å². The van der Waals surface area contributed by atoms with Crippen molar-refractivity contribution < 1.29 is 4.68 Å². The van der Waals surface area contributed by atoms with Gasteiger partial charge in [-0.1, -0.05) is 40.5 Å². The molecule has 1 fully saturated rings. The van der Waals surface area contributed by atoms with Crippen LogP contribution in [0.5, 0.6) is 0 Å². The summed E-state index contributed by atoms with van der Waals surface area (Å²) in [5.41, 5.74) is 14.8. The zero-order valence-electron chi connectivity index (χ0n) is 26.7. The van der Waals surface area contributed by atoms with E-state index in [0.717, 1.165) is 88.6 Å². The van der Waals surface area contributed by atoms with E-state index in [9.17, 15) is 0 Å². The summed E-state index contributed by atoms with van der Waals surface area (Å²) in [6.45, 7) is 5.24. The molecule has 1 saturated heterocycles. The van der Waals surface area contributed by atoms with E-state index in [0.29, 0.717) is 5.69 Å². The van der Waals surface area contributed by atoms with Gasteiger partial charge in [-0.15, -0.1) is 0 Å². The van der Waals surface area contributed by atoms with E-state index in [-0.39, 0.29) is 12.2 Å². The van der Waals surface area contributed by atoms with Crippen molar-refractivity contribution in [2.24, 2.45) is 0 Å². The molecule has 1 aliphatic rings. The quantitative estimate of drug-likeness (QED) is 0.0864. The molecule has 6 aromatic heterocycles. The lowest BCUT2D eigenvalue weighted by Gasteiger charge is -2.11. The van der Waals surface area contributed by atoms with E-state index in [1.807, 2.05) is 42.2 Å². The molecule has 0 amide bonds. The van der Waals surface area contributed by atoms with Crippen LogP contribution in [0, 0.1) is 18.0 Å². The third kappa shape index (κ3) is 3.93. The molecule has 9 aromatic rings. The third-order valence-corrected chi connectivity index (χ3v) is 9.81. The second-order valence-electron chi connectivity index (χ2n) is 12.6. The summed E-state index contributed by atoms with van der Waals surface area (Å²) in [6, 6.07) is 24.8. The highest BCUT2D eigenvalue weighted by molar-refractivity contribution is 6.36. The maximum absolute atomic E-state index is 6.66. The van der Waals surface area contributed by atoms with Crippen LogP contribution in [0.25, 0.3) is 76.3 Å². The normalized spacial score (nSPS) is 14.4. The van der Waals surface area contributed by atoms with Crippen LogP contribution < -0.4 is 15.4 Å². The SMILES string of the molecule is CNn1c2cc(-[n+]3cc4c([nH]3)c3cccc(Cl)c3n4C3CN3)ccc2c2[nH]nc(C#[N+]C#Cc3cccc4c5[nH]ncc5n(C(C)C)c34)c21. The van der Waals surface area contributed by atoms with Crippen LogP contribution in [0.15, 0.2) is 67.0 Å². The van der Waals surface area contributed by atoms with Gasteiger partial charge in [-0.3, -0.25) is 20.2 Å². The lowest BCUT2D eigenvalue weighted by molar-refractivity contribution is -0.653. The van der Waals surface area contributed by atoms with Gasteiger partial charge in [0.1, 0.15) is 16.6 Å². The Labute approximate surface area is 283 Å². The Balaban J connectivity index is 1.05. The zero-order chi connectivity index (χ0) is 33.0. The summed E-state index contributed by atoms with van der Waals surface area (Å²) in [6.07, 6.45) is 4.23. The minimum atomic E-state index is 0.232. The Hall–Kier alpha value is -6.21. The van der Waals surface area contributed by atoms with Gasteiger partial charge in [0, 0.05) is 58.7 Å². The fourth-order valence-corrected chi connectivity index (χ4v) is 7.65. The van der Waals surface area contributed by atoms with Gasteiger partial charge in [-0.25, -0.2) is 0 Å². The molecule has 12 nitrogen and oxygen atoms in total. The first-order valence-corrected chi connectivity index (χ1v) is 16.5. The molecule has 1 aliphatic heterocycles. The molecule has 49 heavy (non-hydrogen) atoms. The average molecular weight is 665 g/mol. The third-order valence-electron chi connectivity index (χ3n) is 9.50. The minimum absolute atomic E-state index is 0.232. The molecule has 3 aromatic carbocycles. The summed E-state index contributed by atoms with van der Waals surface area (Å²) < 4.78 is 8.61. The van der Waals surface area contributed by atoms with Crippen molar-refractivity contribution in [2.75, 3.05) is 19.0 Å². The van der Waals surface area contributed by atoms with Gasteiger partial charge >= 0.3 is 12.1 Å². The predicted octanol–water partition coefficient (Wildman–Crippen LogP) is 6.26. The Bertz CT molecular complexity index is 2950. The first kappa shape index (κ1) is 27.9. The molecule has 10 rings (SSSR count). The van der Waals surface area contributed by atoms with Crippen LogP contribution in [-0.2, 0) is 0 Å². The molecule has 7 heterocycles. The molecule has 0 aliphatic carbocycles. The molecule has 238 valence electrons. The minimum Gasteiger partial charge on any atom is -0.334 e. The molecule has 0 bridgehead atoms. The Morgan fingerprint density at radius 1 is 0.959 bits per heavy atom. The highest BCUT2D eigenvalue weighted by Crippen LogP contribution is 2.37. The fraction of sp³-hybridized carbons (Fsp3) is 0.167. The second-order valence-corrected chi connectivity index (χ2v) is 13.0. The number of para-hydroxylation sites is 2. The van der Waals surface area contributed by atoms with Gasteiger partial charge in [0.25, 0.3) is 0 Å². The van der Waals surface area contributed by atoms with Crippen molar-refractivity contribution in [3.8, 4) is 23.7 Å². The summed E-state index contributed by atoms with van der Waals surface area (Å²) in [4.78, 5) is 4.38. The molecule has 0 radical (unpaired) electrons. The number of hydrogen-bond acceptors (Lipinski definition) is 4. The van der Waals surface area contributed by atoms with Crippen LogP contribution in [0.3, 0.4) is 0 Å². The maximum atomic E-state index is 6.66. The van der Waals surface area contributed by atoms with Crippen molar-refractivity contribution in [1.29, 1.82) is 0 Å². The number of aromatic amines is 3. The van der Waals surface area contributed by atoms with Crippen LogP contribution in [0.4, 0.5) is 0 Å². The van der Waals surface area contributed by atoms with E-state index in [4.69, 9.17) is 11.6 Å². The number of rotatable bonds is 4. The number of H-pyrrole nitrogens is 3. The van der Waals surface area contributed by atoms with Crippen molar-refractivity contribution in [2.45, 2.75) is 26.1 Å². The van der Waals surface area contributed by atoms with Gasteiger partial charge in [0.2, 0.25) is 17.6 Å². The zero-order valence-corrected chi connectivity index (χ0v) is 27.5. The summed E-state index contributed by atoms with van der Waals surface area (Å²) in [5.74, 6) is 3.25. The molecule has 13 heteroatoms. The van der Waals surface area contributed by atoms with E-state index < -0.39 is 0 Å². The largest absolute Gasteiger partial charge is 0.380 e. The summed E-state index contributed by atoms with van der Waals surface area (Å²) in [7, 11) is 1.89. The van der Waals surface area contributed by atoms with Crippen molar-refractivity contribution in [1.82, 2.24) is 44.6 Å². The Morgan fingerprint density at radius 2 is 1.80 bits per heavy atom. The number of nitrogens with zero attached hydrogens (tertiary/aromatic N) is 7. The second kappa shape index (κ2) is 10.1. The number of nitrogens with one attached hydrogen (secondary N) is 5. The van der Waals surface area contributed by atoms with Gasteiger partial charge in [-0.2, -0.15) is 15.3 Å². The first-order chi connectivity index (χ1) is 24.0. The Kier molecular flexibility index (Phi) is 5.77. The molecule has 1 atom stereocenters. The molecule has 0 spiro atoms. The smallest absolute Gasteiger partial charge is 0.334 e. The lowest BCUT2D eigenvalue weighted by Crippen LogP contribution is -2.31. The standard InChI is InChI=1S/C36H27ClN12/c1-19(2)47-28-16-41-43-31(28)23-7-4-6-20(34(23)47)12-13-39-15-26-36-33(44-42-26)22-11-10-21(14-27(22)49(36)38-3)46-18-29-32(45-46)24-8-5-9-25(37)35(24)48(29)30-17-40-30/h4-11,14,16,18-19,30,38,40H,17H2,1-3H3,(H,41,43)/p+2.